The molecule has 1 fully saturated rings. The van der Waals surface area contributed by atoms with E-state index in [9.17, 15) is 0 Å². The third kappa shape index (κ3) is 3.54. The minimum absolute atomic E-state index is 0.534. The number of hydrogen-bond donors (Lipinski definition) is 1. The quantitative estimate of drug-likeness (QED) is 0.852. The van der Waals surface area contributed by atoms with Crippen molar-refractivity contribution in [1.82, 2.24) is 14.9 Å². The van der Waals surface area contributed by atoms with E-state index in [4.69, 9.17) is 16.3 Å². The van der Waals surface area contributed by atoms with Crippen LogP contribution in [0.2, 0.25) is 5.02 Å². The van der Waals surface area contributed by atoms with Gasteiger partial charge in [-0.05, 0) is 19.4 Å². The largest absolute Gasteiger partial charge is 0.383 e. The Labute approximate surface area is 113 Å². The molecule has 100 valence electrons. The molecular weight excluding hydrogens is 252 g/mol. The lowest BCUT2D eigenvalue weighted by molar-refractivity contribution is 0.143. The first-order valence-corrected chi connectivity index (χ1v) is 6.61. The molecule has 1 aliphatic rings. The van der Waals surface area contributed by atoms with E-state index < -0.39 is 0 Å². The molecule has 0 bridgehead atoms. The molecule has 1 N–H and O–H groups in total. The van der Waals surface area contributed by atoms with E-state index in [0.29, 0.717) is 16.9 Å². The van der Waals surface area contributed by atoms with Gasteiger partial charge in [-0.25, -0.2) is 9.97 Å². The van der Waals surface area contributed by atoms with Crippen molar-refractivity contribution in [2.45, 2.75) is 18.9 Å². The van der Waals surface area contributed by atoms with Crippen LogP contribution in [-0.2, 0) is 4.74 Å². The van der Waals surface area contributed by atoms with Crippen molar-refractivity contribution in [2.24, 2.45) is 0 Å². The third-order valence-electron chi connectivity index (χ3n) is 3.25. The summed E-state index contributed by atoms with van der Waals surface area (Å²) in [6.45, 7) is 3.78. The van der Waals surface area contributed by atoms with Gasteiger partial charge in [-0.2, -0.15) is 0 Å². The molecular formula is C12H19ClN4O. The summed E-state index contributed by atoms with van der Waals surface area (Å²) in [5, 5.41) is 3.86. The summed E-state index contributed by atoms with van der Waals surface area (Å²) in [5.74, 6) is 0.713. The molecule has 18 heavy (non-hydrogen) atoms. The standard InChI is InChI=1S/C12H19ClN4O/c1-18-6-5-17-4-2-3-10(17)7-15-12-11(13)8-14-9-16-12/h8-10H,2-7H2,1H3,(H,14,15,16). The van der Waals surface area contributed by atoms with E-state index in [2.05, 4.69) is 20.2 Å². The molecule has 1 unspecified atom stereocenters. The third-order valence-corrected chi connectivity index (χ3v) is 3.53. The highest BCUT2D eigenvalue weighted by Gasteiger charge is 2.23. The summed E-state index contributed by atoms with van der Waals surface area (Å²) in [6, 6.07) is 0.534. The molecule has 0 spiro atoms. The maximum Gasteiger partial charge on any atom is 0.148 e. The Bertz CT molecular complexity index is 377. The van der Waals surface area contributed by atoms with Gasteiger partial charge in [0.2, 0.25) is 0 Å². The fraction of sp³-hybridized carbons (Fsp3) is 0.667. The fourth-order valence-corrected chi connectivity index (χ4v) is 2.46. The van der Waals surface area contributed by atoms with Crippen molar-refractivity contribution in [2.75, 3.05) is 38.7 Å². The van der Waals surface area contributed by atoms with E-state index in [0.717, 1.165) is 26.2 Å². The number of hydrogen-bond acceptors (Lipinski definition) is 5. The van der Waals surface area contributed by atoms with Crippen LogP contribution in [0, 0.1) is 0 Å². The zero-order valence-corrected chi connectivity index (χ0v) is 11.4. The highest BCUT2D eigenvalue weighted by atomic mass is 35.5. The predicted molar refractivity (Wildman–Crippen MR) is 72.0 cm³/mol. The number of anilines is 1. The number of rotatable bonds is 6. The van der Waals surface area contributed by atoms with Gasteiger partial charge in [0.15, 0.2) is 0 Å². The maximum absolute atomic E-state index is 6.01. The minimum Gasteiger partial charge on any atom is -0.383 e. The lowest BCUT2D eigenvalue weighted by atomic mass is 10.2. The number of halogens is 1. The van der Waals surface area contributed by atoms with Crippen molar-refractivity contribution >= 4 is 17.4 Å². The van der Waals surface area contributed by atoms with E-state index in [1.54, 1.807) is 13.3 Å². The topological polar surface area (TPSA) is 50.3 Å². The molecule has 0 radical (unpaired) electrons. The number of nitrogens with one attached hydrogen (secondary N) is 1. The second-order valence-electron chi connectivity index (χ2n) is 4.43. The van der Waals surface area contributed by atoms with Crippen LogP contribution < -0.4 is 5.32 Å². The molecule has 0 saturated carbocycles. The van der Waals surface area contributed by atoms with Gasteiger partial charge in [-0.15, -0.1) is 0 Å². The van der Waals surface area contributed by atoms with Gasteiger partial charge in [0.05, 0.1) is 12.8 Å². The minimum atomic E-state index is 0.534. The molecule has 5 nitrogen and oxygen atoms in total. The Morgan fingerprint density at radius 3 is 3.28 bits per heavy atom. The van der Waals surface area contributed by atoms with Crippen LogP contribution in [0.15, 0.2) is 12.5 Å². The zero-order valence-electron chi connectivity index (χ0n) is 10.6. The molecule has 6 heteroatoms. The molecule has 0 aromatic carbocycles. The average molecular weight is 271 g/mol. The van der Waals surface area contributed by atoms with Crippen LogP contribution in [0.25, 0.3) is 0 Å². The van der Waals surface area contributed by atoms with Gasteiger partial charge >= 0.3 is 0 Å². The fourth-order valence-electron chi connectivity index (χ4n) is 2.29. The lowest BCUT2D eigenvalue weighted by Crippen LogP contribution is -2.37. The molecule has 2 heterocycles. The molecule has 1 aromatic rings. The van der Waals surface area contributed by atoms with Crippen LogP contribution in [0.3, 0.4) is 0 Å². The van der Waals surface area contributed by atoms with E-state index in [-0.39, 0.29) is 0 Å². The van der Waals surface area contributed by atoms with Gasteiger partial charge in [0, 0.05) is 26.2 Å². The monoisotopic (exact) mass is 270 g/mol. The van der Waals surface area contributed by atoms with Crippen molar-refractivity contribution in [3.05, 3.63) is 17.5 Å². The molecule has 1 saturated heterocycles. The summed E-state index contributed by atoms with van der Waals surface area (Å²) < 4.78 is 5.13. The Morgan fingerprint density at radius 2 is 2.50 bits per heavy atom. The number of nitrogens with zero attached hydrogens (tertiary/aromatic N) is 3. The maximum atomic E-state index is 6.01. The second kappa shape index (κ2) is 6.87. The van der Waals surface area contributed by atoms with Gasteiger partial charge in [-0.3, -0.25) is 4.90 Å². The van der Waals surface area contributed by atoms with Crippen LogP contribution >= 0.6 is 11.6 Å². The van der Waals surface area contributed by atoms with Crippen LogP contribution in [0.1, 0.15) is 12.8 Å². The summed E-state index contributed by atoms with van der Waals surface area (Å²) in [5.41, 5.74) is 0. The van der Waals surface area contributed by atoms with Gasteiger partial charge < -0.3 is 10.1 Å². The summed E-state index contributed by atoms with van der Waals surface area (Å²) in [6.07, 6.45) is 5.56. The normalized spacial score (nSPS) is 20.2. The first kappa shape index (κ1) is 13.5. The molecule has 0 amide bonds. The van der Waals surface area contributed by atoms with Crippen molar-refractivity contribution in [3.8, 4) is 0 Å². The van der Waals surface area contributed by atoms with Gasteiger partial charge in [0.1, 0.15) is 17.2 Å². The second-order valence-corrected chi connectivity index (χ2v) is 4.83. The molecule has 1 atom stereocenters. The lowest BCUT2D eigenvalue weighted by Gasteiger charge is -2.24. The predicted octanol–water partition coefficient (Wildman–Crippen LogP) is 1.65. The van der Waals surface area contributed by atoms with Crippen LogP contribution in [0.5, 0.6) is 0 Å². The Kier molecular flexibility index (Phi) is 5.16. The summed E-state index contributed by atoms with van der Waals surface area (Å²) in [4.78, 5) is 10.4. The number of ether oxygens (including phenoxy) is 1. The molecule has 2 rings (SSSR count). The number of methoxy groups -OCH3 is 1. The summed E-state index contributed by atoms with van der Waals surface area (Å²) in [7, 11) is 1.74. The first-order valence-electron chi connectivity index (χ1n) is 6.23. The van der Waals surface area contributed by atoms with Gasteiger partial charge in [0.25, 0.3) is 0 Å². The van der Waals surface area contributed by atoms with Crippen molar-refractivity contribution in [1.29, 1.82) is 0 Å². The van der Waals surface area contributed by atoms with E-state index in [1.165, 1.54) is 19.2 Å². The van der Waals surface area contributed by atoms with Crippen molar-refractivity contribution < 1.29 is 4.74 Å². The smallest absolute Gasteiger partial charge is 0.148 e. The van der Waals surface area contributed by atoms with Crippen LogP contribution in [-0.4, -0.2) is 54.3 Å². The number of likely N-dealkylation sites (tertiary alicyclic amines) is 1. The SMILES string of the molecule is COCCN1CCCC1CNc1ncncc1Cl. The highest BCUT2D eigenvalue weighted by Crippen LogP contribution is 2.20. The first-order chi connectivity index (χ1) is 8.81. The molecule has 1 aliphatic heterocycles. The van der Waals surface area contributed by atoms with E-state index in [1.807, 2.05) is 0 Å². The van der Waals surface area contributed by atoms with Crippen molar-refractivity contribution in [3.63, 3.8) is 0 Å². The summed E-state index contributed by atoms with van der Waals surface area (Å²) >= 11 is 6.01. The van der Waals surface area contributed by atoms with Crippen LogP contribution in [0.4, 0.5) is 5.82 Å². The number of aromatic nitrogens is 2. The average Bonchev–Trinajstić information content (AvgIpc) is 2.83. The molecule has 1 aromatic heterocycles. The Morgan fingerprint density at radius 1 is 1.61 bits per heavy atom. The highest BCUT2D eigenvalue weighted by molar-refractivity contribution is 6.32. The van der Waals surface area contributed by atoms with E-state index >= 15 is 0 Å². The van der Waals surface area contributed by atoms with Gasteiger partial charge in [-0.1, -0.05) is 11.6 Å². The molecule has 0 aliphatic carbocycles. The Hall–Kier alpha value is -0.910. The zero-order chi connectivity index (χ0) is 12.8. The Balaban J connectivity index is 1.84.